The predicted molar refractivity (Wildman–Crippen MR) is 61.2 cm³/mol. The lowest BCUT2D eigenvalue weighted by atomic mass is 10.0. The fourth-order valence-electron chi connectivity index (χ4n) is 1.45. The zero-order valence-electron chi connectivity index (χ0n) is 9.71. The first-order chi connectivity index (χ1) is 6.35. The summed E-state index contributed by atoms with van der Waals surface area (Å²) in [7, 11) is -1.02. The van der Waals surface area contributed by atoms with Crippen LogP contribution in [0.15, 0.2) is 0 Å². The molecule has 3 nitrogen and oxygen atoms in total. The highest BCUT2D eigenvalue weighted by molar-refractivity contribution is 7.90. The van der Waals surface area contributed by atoms with Crippen molar-refractivity contribution in [1.82, 2.24) is 5.32 Å². The van der Waals surface area contributed by atoms with Crippen LogP contribution >= 0.6 is 0 Å². The van der Waals surface area contributed by atoms with Crippen molar-refractivity contribution in [2.45, 2.75) is 39.2 Å². The molecule has 0 saturated carbocycles. The molecule has 0 rings (SSSR count). The number of hydrogen-bond donors (Lipinski definition) is 1. The van der Waals surface area contributed by atoms with Gasteiger partial charge < -0.3 is 5.32 Å². The molecule has 0 aliphatic rings. The molecule has 0 saturated heterocycles. The molecule has 0 heterocycles. The van der Waals surface area contributed by atoms with Gasteiger partial charge in [-0.05, 0) is 19.4 Å². The number of hydrogen-bond acceptors (Lipinski definition) is 3. The molecule has 0 amide bonds. The van der Waals surface area contributed by atoms with Crippen LogP contribution in [0.3, 0.4) is 0 Å². The first kappa shape index (κ1) is 13.9. The van der Waals surface area contributed by atoms with Crippen LogP contribution in [0.1, 0.15) is 33.1 Å². The van der Waals surface area contributed by atoms with E-state index in [4.69, 9.17) is 0 Å². The first-order valence-corrected chi connectivity index (χ1v) is 7.26. The van der Waals surface area contributed by atoms with E-state index in [1.807, 2.05) is 7.05 Å². The highest BCUT2D eigenvalue weighted by atomic mass is 32.2. The predicted octanol–water partition coefficient (Wildman–Crippen LogP) is 1.45. The van der Waals surface area contributed by atoms with Crippen molar-refractivity contribution in [3.63, 3.8) is 0 Å². The largest absolute Gasteiger partial charge is 0.316 e. The molecule has 14 heavy (non-hydrogen) atoms. The van der Waals surface area contributed by atoms with Crippen LogP contribution in [-0.2, 0) is 9.84 Å². The van der Waals surface area contributed by atoms with E-state index in [9.17, 15) is 8.42 Å². The normalized spacial score (nSPS) is 14.6. The van der Waals surface area contributed by atoms with Gasteiger partial charge in [0.1, 0.15) is 9.84 Å². The molecule has 0 aromatic carbocycles. The van der Waals surface area contributed by atoms with Crippen LogP contribution in [0.5, 0.6) is 0 Å². The van der Waals surface area contributed by atoms with Crippen molar-refractivity contribution in [1.29, 1.82) is 0 Å². The van der Waals surface area contributed by atoms with Gasteiger partial charge in [0.25, 0.3) is 0 Å². The molecule has 1 atom stereocenters. The molecular formula is C10H23NO2S. The molecule has 0 spiro atoms. The number of rotatable bonds is 7. The van der Waals surface area contributed by atoms with Crippen molar-refractivity contribution >= 4 is 9.84 Å². The number of sulfone groups is 1. The lowest BCUT2D eigenvalue weighted by Gasteiger charge is -2.15. The van der Waals surface area contributed by atoms with Crippen molar-refractivity contribution < 1.29 is 8.42 Å². The summed E-state index contributed by atoms with van der Waals surface area (Å²) >= 11 is 0. The molecule has 1 unspecified atom stereocenters. The van der Waals surface area contributed by atoms with Gasteiger partial charge in [0, 0.05) is 12.3 Å². The molecule has 0 aliphatic heterocycles. The Hall–Kier alpha value is -0.0900. The van der Waals surface area contributed by atoms with Gasteiger partial charge >= 0.3 is 0 Å². The van der Waals surface area contributed by atoms with Crippen LogP contribution in [-0.4, -0.2) is 33.5 Å². The van der Waals surface area contributed by atoms with Gasteiger partial charge in [-0.2, -0.15) is 0 Å². The molecule has 0 aromatic rings. The molecule has 0 aliphatic carbocycles. The summed E-state index contributed by atoms with van der Waals surface area (Å²) in [4.78, 5) is 0. The van der Waals surface area contributed by atoms with E-state index in [-0.39, 0.29) is 11.8 Å². The van der Waals surface area contributed by atoms with Crippen LogP contribution < -0.4 is 5.32 Å². The van der Waals surface area contributed by atoms with Crippen molar-refractivity contribution in [3.05, 3.63) is 0 Å². The van der Waals surface area contributed by atoms with Crippen molar-refractivity contribution in [2.24, 2.45) is 5.92 Å². The summed E-state index contributed by atoms with van der Waals surface area (Å²) in [5.74, 6) is 0.951. The Kier molecular flexibility index (Phi) is 6.36. The Morgan fingerprint density at radius 1 is 1.21 bits per heavy atom. The third kappa shape index (κ3) is 8.51. The van der Waals surface area contributed by atoms with Gasteiger partial charge in [0.2, 0.25) is 0 Å². The zero-order chi connectivity index (χ0) is 11.2. The molecule has 86 valence electrons. The van der Waals surface area contributed by atoms with Crippen LogP contribution in [0.4, 0.5) is 0 Å². The Morgan fingerprint density at radius 3 is 2.14 bits per heavy atom. The lowest BCUT2D eigenvalue weighted by molar-refractivity contribution is 0.477. The SMILES string of the molecule is CNC(CCCC(C)C)CS(C)(=O)=O. The van der Waals surface area contributed by atoms with E-state index in [1.54, 1.807) is 0 Å². The molecule has 1 N–H and O–H groups in total. The Bertz CT molecular complexity index is 235. The summed E-state index contributed by atoms with van der Waals surface area (Å²) in [5.41, 5.74) is 0. The molecule has 4 heteroatoms. The third-order valence-corrected chi connectivity index (χ3v) is 3.25. The van der Waals surface area contributed by atoms with Gasteiger partial charge in [-0.15, -0.1) is 0 Å². The van der Waals surface area contributed by atoms with Crippen LogP contribution in [0.25, 0.3) is 0 Å². The topological polar surface area (TPSA) is 46.2 Å². The fraction of sp³-hybridized carbons (Fsp3) is 1.00. The maximum Gasteiger partial charge on any atom is 0.148 e. The molecular weight excluding hydrogens is 198 g/mol. The van der Waals surface area contributed by atoms with Gasteiger partial charge in [-0.3, -0.25) is 0 Å². The second-order valence-corrected chi connectivity index (χ2v) is 6.59. The van der Waals surface area contributed by atoms with Crippen molar-refractivity contribution in [2.75, 3.05) is 19.1 Å². The smallest absolute Gasteiger partial charge is 0.148 e. The highest BCUT2D eigenvalue weighted by Gasteiger charge is 2.12. The zero-order valence-corrected chi connectivity index (χ0v) is 10.5. The summed E-state index contributed by atoms with van der Waals surface area (Å²) in [6, 6.07) is 0.115. The van der Waals surface area contributed by atoms with E-state index in [2.05, 4.69) is 19.2 Å². The molecule has 0 aromatic heterocycles. The summed E-state index contributed by atoms with van der Waals surface area (Å²) in [6.45, 7) is 4.37. The minimum Gasteiger partial charge on any atom is -0.316 e. The third-order valence-electron chi connectivity index (χ3n) is 2.25. The van der Waals surface area contributed by atoms with E-state index >= 15 is 0 Å². The van der Waals surface area contributed by atoms with Crippen molar-refractivity contribution in [3.8, 4) is 0 Å². The highest BCUT2D eigenvalue weighted by Crippen LogP contribution is 2.09. The van der Waals surface area contributed by atoms with E-state index in [0.717, 1.165) is 12.8 Å². The lowest BCUT2D eigenvalue weighted by Crippen LogP contribution is -2.32. The summed E-state index contributed by atoms with van der Waals surface area (Å²) < 4.78 is 22.1. The second kappa shape index (κ2) is 6.40. The Morgan fingerprint density at radius 2 is 1.79 bits per heavy atom. The Labute approximate surface area is 88.2 Å². The standard InChI is InChI=1S/C10H23NO2S/c1-9(2)6-5-7-10(11-3)8-14(4,12)13/h9-11H,5-8H2,1-4H3. The van der Waals surface area contributed by atoms with Gasteiger partial charge in [-0.1, -0.05) is 26.7 Å². The van der Waals surface area contributed by atoms with Gasteiger partial charge in [-0.25, -0.2) is 8.42 Å². The monoisotopic (exact) mass is 221 g/mol. The summed E-state index contributed by atoms with van der Waals surface area (Å²) in [6.07, 6.45) is 4.50. The minimum atomic E-state index is -2.85. The average molecular weight is 221 g/mol. The first-order valence-electron chi connectivity index (χ1n) is 5.20. The summed E-state index contributed by atoms with van der Waals surface area (Å²) in [5, 5.41) is 3.05. The van der Waals surface area contributed by atoms with E-state index < -0.39 is 9.84 Å². The maximum atomic E-state index is 11.1. The second-order valence-electron chi connectivity index (χ2n) is 4.40. The Balaban J connectivity index is 3.81. The van der Waals surface area contributed by atoms with E-state index in [0.29, 0.717) is 5.92 Å². The average Bonchev–Trinajstić information content (AvgIpc) is 1.99. The fourth-order valence-corrected chi connectivity index (χ4v) is 2.51. The number of nitrogens with one attached hydrogen (secondary N) is 1. The molecule has 0 radical (unpaired) electrons. The van der Waals surface area contributed by atoms with Gasteiger partial charge in [0.15, 0.2) is 0 Å². The van der Waals surface area contributed by atoms with Crippen LogP contribution in [0, 0.1) is 5.92 Å². The molecule has 0 fully saturated rings. The maximum absolute atomic E-state index is 11.1. The van der Waals surface area contributed by atoms with E-state index in [1.165, 1.54) is 12.7 Å². The quantitative estimate of drug-likeness (QED) is 0.707. The minimum absolute atomic E-state index is 0.115. The van der Waals surface area contributed by atoms with Crippen LogP contribution in [0.2, 0.25) is 0 Å². The molecule has 0 bridgehead atoms. The van der Waals surface area contributed by atoms with Gasteiger partial charge in [0.05, 0.1) is 5.75 Å².